The van der Waals surface area contributed by atoms with E-state index in [2.05, 4.69) is 20.8 Å². The maximum Gasteiger partial charge on any atom is 0.257 e. The van der Waals surface area contributed by atoms with E-state index in [-0.39, 0.29) is 30.4 Å². The summed E-state index contributed by atoms with van der Waals surface area (Å²) in [4.78, 5) is 16.4. The molecule has 1 aromatic heterocycles. The van der Waals surface area contributed by atoms with Gasteiger partial charge in [-0.3, -0.25) is 4.79 Å². The molecule has 2 aromatic rings. The molecule has 1 saturated heterocycles. The smallest absolute Gasteiger partial charge is 0.257 e. The summed E-state index contributed by atoms with van der Waals surface area (Å²) < 4.78 is 5.26. The first-order valence-corrected chi connectivity index (χ1v) is 7.64. The molecule has 2 atom stereocenters. The molecule has 1 fully saturated rings. The number of benzene rings is 1. The van der Waals surface area contributed by atoms with Gasteiger partial charge in [0, 0.05) is 18.0 Å². The molecule has 0 spiro atoms. The lowest BCUT2D eigenvalue weighted by Gasteiger charge is -2.13. The van der Waals surface area contributed by atoms with Gasteiger partial charge in [-0.05, 0) is 38.4 Å². The Kier molecular flexibility index (Phi) is 6.12. The molecule has 6 nitrogen and oxygen atoms in total. The first-order valence-electron chi connectivity index (χ1n) is 7.64. The number of halogens is 1. The third kappa shape index (κ3) is 4.53. The minimum absolute atomic E-state index is 0. The molecule has 2 heterocycles. The van der Waals surface area contributed by atoms with Crippen molar-refractivity contribution < 1.29 is 9.32 Å². The van der Waals surface area contributed by atoms with E-state index in [0.29, 0.717) is 18.1 Å². The Morgan fingerprint density at radius 3 is 2.91 bits per heavy atom. The van der Waals surface area contributed by atoms with E-state index in [9.17, 15) is 4.79 Å². The van der Waals surface area contributed by atoms with Crippen molar-refractivity contribution in [3.63, 3.8) is 0 Å². The number of amides is 1. The molecule has 124 valence electrons. The second-order valence-electron chi connectivity index (χ2n) is 5.61. The second kappa shape index (κ2) is 8.08. The number of rotatable bonds is 5. The van der Waals surface area contributed by atoms with E-state index in [1.807, 2.05) is 37.3 Å². The molecule has 23 heavy (non-hydrogen) atoms. The Bertz CT molecular complexity index is 626. The van der Waals surface area contributed by atoms with Gasteiger partial charge in [0.1, 0.15) is 0 Å². The van der Waals surface area contributed by atoms with Crippen molar-refractivity contribution in [1.29, 1.82) is 0 Å². The number of hydrogen-bond donors (Lipinski definition) is 2. The van der Waals surface area contributed by atoms with Gasteiger partial charge in [0.15, 0.2) is 5.82 Å². The molecular weight excluding hydrogens is 316 g/mol. The lowest BCUT2D eigenvalue weighted by molar-refractivity contribution is -0.122. The van der Waals surface area contributed by atoms with Crippen LogP contribution in [0.5, 0.6) is 0 Å². The van der Waals surface area contributed by atoms with Crippen LogP contribution < -0.4 is 10.6 Å². The summed E-state index contributed by atoms with van der Waals surface area (Å²) in [5.74, 6) is 0.971. The number of hydrogen-bond acceptors (Lipinski definition) is 5. The lowest BCUT2D eigenvalue weighted by Crippen LogP contribution is -2.33. The van der Waals surface area contributed by atoms with Crippen molar-refractivity contribution in [2.24, 2.45) is 0 Å². The number of nitrogens with one attached hydrogen (secondary N) is 2. The second-order valence-corrected chi connectivity index (χ2v) is 5.61. The van der Waals surface area contributed by atoms with Crippen LogP contribution >= 0.6 is 12.4 Å². The van der Waals surface area contributed by atoms with Gasteiger partial charge in [-0.25, -0.2) is 0 Å². The molecule has 7 heteroatoms. The third-order valence-corrected chi connectivity index (χ3v) is 3.82. The highest BCUT2D eigenvalue weighted by Gasteiger charge is 2.21. The largest absolute Gasteiger partial charge is 0.346 e. The fraction of sp³-hybridized carbons (Fsp3) is 0.438. The minimum Gasteiger partial charge on any atom is -0.346 e. The van der Waals surface area contributed by atoms with Gasteiger partial charge in [-0.1, -0.05) is 23.4 Å². The molecule has 1 aromatic carbocycles. The summed E-state index contributed by atoms with van der Waals surface area (Å²) in [5.41, 5.74) is 0.870. The molecule has 0 radical (unpaired) electrons. The summed E-state index contributed by atoms with van der Waals surface area (Å²) in [6.07, 6.45) is 2.69. The standard InChI is InChI=1S/C16H20N4O2.ClH/c1-11(18-14(21)10-13-8-5-9-17-13)15-19-16(22-20-15)12-6-3-2-4-7-12;/h2-4,6-7,11,13,17H,5,8-10H2,1H3,(H,18,21);1H. The predicted molar refractivity (Wildman–Crippen MR) is 89.2 cm³/mol. The van der Waals surface area contributed by atoms with Gasteiger partial charge in [0.2, 0.25) is 5.91 Å². The SMILES string of the molecule is CC(NC(=O)CC1CCCN1)c1noc(-c2ccccc2)n1.Cl. The Morgan fingerprint density at radius 2 is 2.22 bits per heavy atom. The van der Waals surface area contributed by atoms with Gasteiger partial charge >= 0.3 is 0 Å². The van der Waals surface area contributed by atoms with Gasteiger partial charge in [0.25, 0.3) is 5.89 Å². The maximum atomic E-state index is 12.0. The van der Waals surface area contributed by atoms with Crippen LogP contribution in [0, 0.1) is 0 Å². The Hall–Kier alpha value is -1.92. The molecule has 2 unspecified atom stereocenters. The van der Waals surface area contributed by atoms with Crippen molar-refractivity contribution in [3.05, 3.63) is 36.2 Å². The van der Waals surface area contributed by atoms with E-state index < -0.39 is 0 Å². The van der Waals surface area contributed by atoms with Gasteiger partial charge in [-0.15, -0.1) is 12.4 Å². The van der Waals surface area contributed by atoms with Gasteiger partial charge in [-0.2, -0.15) is 4.98 Å². The summed E-state index contributed by atoms with van der Waals surface area (Å²) in [6, 6.07) is 9.60. The number of carbonyl (C=O) groups is 1. The molecule has 0 aliphatic carbocycles. The Labute approximate surface area is 141 Å². The fourth-order valence-electron chi connectivity index (χ4n) is 2.63. The zero-order valence-corrected chi connectivity index (χ0v) is 13.8. The molecule has 1 aliphatic rings. The molecule has 1 aliphatic heterocycles. The van der Waals surface area contributed by atoms with Gasteiger partial charge in [0.05, 0.1) is 6.04 Å². The number of carbonyl (C=O) groups excluding carboxylic acids is 1. The van der Waals surface area contributed by atoms with Crippen molar-refractivity contribution in [1.82, 2.24) is 20.8 Å². The van der Waals surface area contributed by atoms with Crippen LogP contribution in [0.2, 0.25) is 0 Å². The molecule has 0 bridgehead atoms. The highest BCUT2D eigenvalue weighted by Crippen LogP contribution is 2.19. The van der Waals surface area contributed by atoms with E-state index >= 15 is 0 Å². The zero-order valence-electron chi connectivity index (χ0n) is 13.0. The predicted octanol–water partition coefficient (Wildman–Crippen LogP) is 2.48. The van der Waals surface area contributed by atoms with E-state index in [1.165, 1.54) is 0 Å². The van der Waals surface area contributed by atoms with Crippen molar-refractivity contribution in [2.45, 2.75) is 38.3 Å². The highest BCUT2D eigenvalue weighted by atomic mass is 35.5. The van der Waals surface area contributed by atoms with Crippen LogP contribution in [-0.2, 0) is 4.79 Å². The van der Waals surface area contributed by atoms with Crippen molar-refractivity contribution in [3.8, 4) is 11.5 Å². The van der Waals surface area contributed by atoms with Crippen molar-refractivity contribution in [2.75, 3.05) is 6.54 Å². The molecule has 3 rings (SSSR count). The van der Waals surface area contributed by atoms with Crippen LogP contribution in [-0.4, -0.2) is 28.6 Å². The summed E-state index contributed by atoms with van der Waals surface area (Å²) in [5, 5.41) is 10.2. The molecule has 0 saturated carbocycles. The van der Waals surface area contributed by atoms with Crippen LogP contribution in [0.4, 0.5) is 0 Å². The quantitative estimate of drug-likeness (QED) is 0.876. The topological polar surface area (TPSA) is 80.0 Å². The van der Waals surface area contributed by atoms with Crippen LogP contribution in [0.25, 0.3) is 11.5 Å². The summed E-state index contributed by atoms with van der Waals surface area (Å²) >= 11 is 0. The third-order valence-electron chi connectivity index (χ3n) is 3.82. The minimum atomic E-state index is -0.268. The molecular formula is C16H21ClN4O2. The maximum absolute atomic E-state index is 12.0. The van der Waals surface area contributed by atoms with Crippen LogP contribution in [0.15, 0.2) is 34.9 Å². The number of nitrogens with zero attached hydrogens (tertiary/aromatic N) is 2. The van der Waals surface area contributed by atoms with Crippen LogP contribution in [0.3, 0.4) is 0 Å². The Morgan fingerprint density at radius 1 is 1.43 bits per heavy atom. The lowest BCUT2D eigenvalue weighted by atomic mass is 10.1. The van der Waals surface area contributed by atoms with Crippen molar-refractivity contribution >= 4 is 18.3 Å². The average Bonchev–Trinajstić information content (AvgIpc) is 3.19. The normalized spacial score (nSPS) is 18.2. The van der Waals surface area contributed by atoms with Crippen LogP contribution in [0.1, 0.15) is 38.1 Å². The fourth-order valence-corrected chi connectivity index (χ4v) is 2.63. The molecule has 2 N–H and O–H groups in total. The van der Waals surface area contributed by atoms with E-state index in [0.717, 1.165) is 24.9 Å². The highest BCUT2D eigenvalue weighted by molar-refractivity contribution is 5.85. The first-order chi connectivity index (χ1) is 10.7. The van der Waals surface area contributed by atoms with Gasteiger partial charge < -0.3 is 15.2 Å². The summed E-state index contributed by atoms with van der Waals surface area (Å²) in [6.45, 7) is 2.86. The molecule has 1 amide bonds. The number of aromatic nitrogens is 2. The zero-order chi connectivity index (χ0) is 15.4. The van der Waals surface area contributed by atoms with E-state index in [4.69, 9.17) is 4.52 Å². The summed E-state index contributed by atoms with van der Waals surface area (Å²) in [7, 11) is 0. The average molecular weight is 337 g/mol. The van der Waals surface area contributed by atoms with E-state index in [1.54, 1.807) is 0 Å². The Balaban J connectivity index is 0.00000192. The first kappa shape index (κ1) is 17.4. The monoisotopic (exact) mass is 336 g/mol.